The quantitative estimate of drug-likeness (QED) is 0.359. The Labute approximate surface area is 178 Å². The fourth-order valence-electron chi connectivity index (χ4n) is 2.96. The van der Waals surface area contributed by atoms with Crippen molar-refractivity contribution in [3.63, 3.8) is 0 Å². The minimum absolute atomic E-state index is 0. The van der Waals surface area contributed by atoms with Gasteiger partial charge in [0.2, 0.25) is 5.95 Å². The van der Waals surface area contributed by atoms with Crippen LogP contribution in [-0.4, -0.2) is 34.1 Å². The predicted octanol–water partition coefficient (Wildman–Crippen LogP) is 4.76. The Kier molecular flexibility index (Phi) is 8.49. The van der Waals surface area contributed by atoms with Crippen LogP contribution >= 0.6 is 11.6 Å². The van der Waals surface area contributed by atoms with Gasteiger partial charge in [-0.05, 0) is 24.3 Å². The molecule has 3 aromatic rings. The van der Waals surface area contributed by atoms with E-state index in [4.69, 9.17) is 15.1 Å². The molecule has 0 unspecified atom stereocenters. The SMILES string of the molecule is Fc1cnc(NC2CC[N-]CC2)nc1-c1ccc2nc(Cl)ccc2c1.[CH3-].[O]=[Os]. The Balaban J connectivity index is 0.000000906. The normalized spacial score (nSPS) is 14.0. The van der Waals surface area contributed by atoms with E-state index in [0.717, 1.165) is 36.8 Å². The second kappa shape index (κ2) is 10.6. The Morgan fingerprint density at radius 1 is 1.14 bits per heavy atom. The zero-order valence-electron chi connectivity index (χ0n) is 15.2. The van der Waals surface area contributed by atoms with E-state index >= 15 is 0 Å². The van der Waals surface area contributed by atoms with Crippen LogP contribution in [0.4, 0.5) is 10.3 Å². The average molecular weight is 578 g/mol. The van der Waals surface area contributed by atoms with Gasteiger partial charge >= 0.3 is 22.1 Å². The van der Waals surface area contributed by atoms with Crippen molar-refractivity contribution >= 4 is 28.5 Å². The number of aromatic nitrogens is 3. The number of nitrogens with one attached hydrogen (secondary N) is 1. The Bertz CT molecular complexity index is 939. The molecule has 1 aliphatic heterocycles. The van der Waals surface area contributed by atoms with Gasteiger partial charge in [0.1, 0.15) is 10.8 Å². The Morgan fingerprint density at radius 2 is 1.89 bits per heavy atom. The summed E-state index contributed by atoms with van der Waals surface area (Å²) in [5.74, 6) is -0.0110. The maximum atomic E-state index is 14.3. The fraction of sp³-hybridized carbons (Fsp3) is 0.263. The van der Waals surface area contributed by atoms with Crippen LogP contribution < -0.4 is 5.32 Å². The molecule has 1 aliphatic rings. The molecular formula is C19H19ClFN5OOs-2. The molecule has 0 radical (unpaired) electrons. The van der Waals surface area contributed by atoms with Crippen molar-refractivity contribution in [1.29, 1.82) is 0 Å². The van der Waals surface area contributed by atoms with Gasteiger partial charge in [-0.25, -0.2) is 19.3 Å². The summed E-state index contributed by atoms with van der Waals surface area (Å²) in [4.78, 5) is 12.7. The molecule has 0 spiro atoms. The van der Waals surface area contributed by atoms with Crippen molar-refractivity contribution < 1.29 is 26.5 Å². The number of pyridine rings is 1. The summed E-state index contributed by atoms with van der Waals surface area (Å²) < 4.78 is 22.6. The maximum absolute atomic E-state index is 14.3. The third-order valence-corrected chi connectivity index (χ3v) is 4.49. The van der Waals surface area contributed by atoms with Gasteiger partial charge in [0.25, 0.3) is 0 Å². The fourth-order valence-corrected chi connectivity index (χ4v) is 3.12. The van der Waals surface area contributed by atoms with Gasteiger partial charge in [-0.1, -0.05) is 30.5 Å². The van der Waals surface area contributed by atoms with Crippen LogP contribution in [0.25, 0.3) is 27.5 Å². The van der Waals surface area contributed by atoms with E-state index in [0.29, 0.717) is 35.2 Å². The van der Waals surface area contributed by atoms with Crippen molar-refractivity contribution in [2.45, 2.75) is 18.9 Å². The van der Waals surface area contributed by atoms with Crippen LogP contribution in [0.1, 0.15) is 12.8 Å². The van der Waals surface area contributed by atoms with E-state index in [-0.39, 0.29) is 19.2 Å². The topological polar surface area (TPSA) is 81.9 Å². The van der Waals surface area contributed by atoms with Gasteiger partial charge in [-0.3, -0.25) is 0 Å². The number of hydrogen-bond donors (Lipinski definition) is 1. The van der Waals surface area contributed by atoms with Crippen LogP contribution in [0.15, 0.2) is 36.5 Å². The van der Waals surface area contributed by atoms with Crippen molar-refractivity contribution in [3.05, 3.63) is 60.2 Å². The Hall–Kier alpha value is -1.87. The molecule has 1 N–H and O–H groups in total. The van der Waals surface area contributed by atoms with Crippen molar-refractivity contribution in [2.24, 2.45) is 0 Å². The molecule has 2 aromatic heterocycles. The number of hydrogen-bond acceptors (Lipinski definition) is 5. The number of anilines is 1. The van der Waals surface area contributed by atoms with E-state index < -0.39 is 5.82 Å². The first-order valence-corrected chi connectivity index (χ1v) is 9.74. The summed E-state index contributed by atoms with van der Waals surface area (Å²) in [6.45, 7) is 1.68. The molecule has 1 saturated heterocycles. The summed E-state index contributed by atoms with van der Waals surface area (Å²) in [5, 5.41) is 8.92. The molecule has 4 rings (SSSR count). The van der Waals surface area contributed by atoms with E-state index in [9.17, 15) is 4.39 Å². The molecule has 0 saturated carbocycles. The zero-order valence-corrected chi connectivity index (χ0v) is 18.5. The first-order chi connectivity index (χ1) is 13.2. The van der Waals surface area contributed by atoms with E-state index in [1.807, 2.05) is 18.2 Å². The number of nitrogens with zero attached hydrogens (tertiary/aromatic N) is 4. The minimum atomic E-state index is -0.453. The van der Waals surface area contributed by atoms with Gasteiger partial charge in [0.05, 0.1) is 11.7 Å². The van der Waals surface area contributed by atoms with Crippen molar-refractivity contribution in [1.82, 2.24) is 15.0 Å². The van der Waals surface area contributed by atoms with Crippen LogP contribution in [0.5, 0.6) is 0 Å². The molecule has 0 amide bonds. The molecular weight excluding hydrogens is 559 g/mol. The molecule has 28 heavy (non-hydrogen) atoms. The van der Waals surface area contributed by atoms with Gasteiger partial charge in [-0.15, -0.1) is 13.1 Å². The number of fused-ring (bicyclic) bond motifs is 1. The number of halogens is 2. The van der Waals surface area contributed by atoms with Crippen LogP contribution in [0.2, 0.25) is 5.15 Å². The van der Waals surface area contributed by atoms with Gasteiger partial charge in [-0.2, -0.15) is 0 Å². The molecule has 3 heterocycles. The monoisotopic (exact) mass is 579 g/mol. The third-order valence-electron chi connectivity index (χ3n) is 4.28. The summed E-state index contributed by atoms with van der Waals surface area (Å²) in [6, 6.07) is 9.31. The number of rotatable bonds is 3. The molecule has 0 aliphatic carbocycles. The zero-order chi connectivity index (χ0) is 19.2. The Morgan fingerprint density at radius 3 is 2.64 bits per heavy atom. The molecule has 9 heteroatoms. The van der Waals surface area contributed by atoms with Gasteiger partial charge < -0.3 is 18.1 Å². The van der Waals surface area contributed by atoms with Crippen molar-refractivity contribution in [3.8, 4) is 11.3 Å². The van der Waals surface area contributed by atoms with Crippen LogP contribution in [-0.2, 0) is 22.1 Å². The van der Waals surface area contributed by atoms with E-state index in [1.54, 1.807) is 12.1 Å². The van der Waals surface area contributed by atoms with E-state index in [1.165, 1.54) is 6.20 Å². The summed E-state index contributed by atoms with van der Waals surface area (Å²) >= 11 is 6.52. The summed E-state index contributed by atoms with van der Waals surface area (Å²) in [5.41, 5.74) is 1.71. The van der Waals surface area contributed by atoms with Gasteiger partial charge in [0, 0.05) is 17.0 Å². The number of benzene rings is 1. The third kappa shape index (κ3) is 5.35. The standard InChI is InChI=1S/C18H16ClFN5.CH3.O.Os/c19-16-4-2-11-9-12(1-3-15(11)24-16)17-14(20)10-22-18(25-17)23-13-5-7-21-8-6-13;;;/h1-4,9-10,13H,5-8H2,(H,22,23,25);1H3;;/q2*-1;;. The average Bonchev–Trinajstić information content (AvgIpc) is 2.71. The van der Waals surface area contributed by atoms with Gasteiger partial charge in [0.15, 0.2) is 5.82 Å². The number of piperidine rings is 1. The van der Waals surface area contributed by atoms with Crippen LogP contribution in [0.3, 0.4) is 0 Å². The van der Waals surface area contributed by atoms with Crippen LogP contribution in [0, 0.1) is 13.2 Å². The molecule has 0 atom stereocenters. The second-order valence-corrected chi connectivity index (χ2v) is 6.41. The molecule has 1 fully saturated rings. The first-order valence-electron chi connectivity index (χ1n) is 8.32. The summed E-state index contributed by atoms with van der Waals surface area (Å²) in [7, 11) is 0. The summed E-state index contributed by atoms with van der Waals surface area (Å²) in [6.07, 6.45) is 3.10. The molecule has 6 nitrogen and oxygen atoms in total. The molecule has 1 aromatic carbocycles. The first kappa shape index (κ1) is 22.4. The van der Waals surface area contributed by atoms with E-state index in [2.05, 4.69) is 25.6 Å². The second-order valence-electron chi connectivity index (χ2n) is 6.02. The predicted molar refractivity (Wildman–Crippen MR) is 105 cm³/mol. The van der Waals surface area contributed by atoms with Crippen molar-refractivity contribution in [2.75, 3.05) is 18.4 Å². The molecule has 150 valence electrons. The molecule has 0 bridgehead atoms.